The van der Waals surface area contributed by atoms with Gasteiger partial charge < -0.3 is 10.4 Å². The van der Waals surface area contributed by atoms with Crippen molar-refractivity contribution in [1.82, 2.24) is 4.90 Å². The number of rotatable bonds is 8. The fourth-order valence-electron chi connectivity index (χ4n) is 2.68. The van der Waals surface area contributed by atoms with Crippen molar-refractivity contribution in [2.75, 3.05) is 31.8 Å². The predicted molar refractivity (Wildman–Crippen MR) is 100 cm³/mol. The molecule has 2 N–H and O–H groups in total. The second kappa shape index (κ2) is 9.47. The lowest BCUT2D eigenvalue weighted by Gasteiger charge is -2.27. The lowest BCUT2D eigenvalue weighted by molar-refractivity contribution is -0.117. The lowest BCUT2D eigenvalue weighted by Crippen LogP contribution is -2.33. The van der Waals surface area contributed by atoms with Gasteiger partial charge in [0.05, 0.1) is 6.54 Å². The number of carbonyl (C=O) groups excluding carboxylic acids is 1. The Labute approximate surface area is 147 Å². The van der Waals surface area contributed by atoms with E-state index in [1.165, 1.54) is 0 Å². The van der Waals surface area contributed by atoms with Crippen LogP contribution in [0.2, 0.25) is 0 Å². The van der Waals surface area contributed by atoms with Crippen LogP contribution in [0.5, 0.6) is 0 Å². The molecular formula is C19H24N2O2S. The summed E-state index contributed by atoms with van der Waals surface area (Å²) >= 11 is 1.64. The van der Waals surface area contributed by atoms with E-state index in [0.717, 1.165) is 16.1 Å². The van der Waals surface area contributed by atoms with Crippen molar-refractivity contribution < 1.29 is 9.90 Å². The predicted octanol–water partition coefficient (Wildman–Crippen LogP) is 3.40. The molecule has 0 aliphatic heterocycles. The lowest BCUT2D eigenvalue weighted by atomic mass is 10.0. The Morgan fingerprint density at radius 1 is 1.21 bits per heavy atom. The van der Waals surface area contributed by atoms with Crippen molar-refractivity contribution in [3.63, 3.8) is 0 Å². The first-order valence-corrected chi connectivity index (χ1v) is 9.16. The summed E-state index contributed by atoms with van der Waals surface area (Å²) in [5.41, 5.74) is 1.91. The largest absolute Gasteiger partial charge is 0.396 e. The van der Waals surface area contributed by atoms with Crippen LogP contribution in [0.1, 0.15) is 18.0 Å². The van der Waals surface area contributed by atoms with Gasteiger partial charge in [0.1, 0.15) is 0 Å². The van der Waals surface area contributed by atoms with Crippen LogP contribution in [0.4, 0.5) is 5.69 Å². The van der Waals surface area contributed by atoms with Gasteiger partial charge in [-0.15, -0.1) is 11.8 Å². The molecule has 0 spiro atoms. The van der Waals surface area contributed by atoms with Gasteiger partial charge >= 0.3 is 0 Å². The maximum atomic E-state index is 12.3. The third kappa shape index (κ3) is 5.37. The normalized spacial score (nSPS) is 12.2. The van der Waals surface area contributed by atoms with Gasteiger partial charge in [0, 0.05) is 23.2 Å². The number of carbonyl (C=O) groups is 1. The number of nitrogens with zero attached hydrogens (tertiary/aromatic N) is 1. The number of anilines is 1. The summed E-state index contributed by atoms with van der Waals surface area (Å²) in [6, 6.07) is 17.8. The Hall–Kier alpha value is -1.82. The average molecular weight is 344 g/mol. The molecule has 2 aromatic rings. The van der Waals surface area contributed by atoms with Crippen molar-refractivity contribution in [1.29, 1.82) is 0 Å². The number of likely N-dealkylation sites (N-methyl/N-ethyl adjacent to an activating group) is 1. The molecule has 2 aromatic carbocycles. The van der Waals surface area contributed by atoms with Crippen LogP contribution in [0.3, 0.4) is 0 Å². The summed E-state index contributed by atoms with van der Waals surface area (Å²) < 4.78 is 0. The SMILES string of the molecule is CSc1cccc(NC(=O)CN(C)C(CCO)c2ccccc2)c1. The van der Waals surface area contributed by atoms with Crippen LogP contribution in [0, 0.1) is 0 Å². The highest BCUT2D eigenvalue weighted by Crippen LogP contribution is 2.23. The number of aliphatic hydroxyl groups excluding tert-OH is 1. The maximum Gasteiger partial charge on any atom is 0.238 e. The van der Waals surface area contributed by atoms with E-state index in [-0.39, 0.29) is 25.1 Å². The molecule has 0 radical (unpaired) electrons. The Morgan fingerprint density at radius 2 is 1.96 bits per heavy atom. The van der Waals surface area contributed by atoms with Gasteiger partial charge in [0.2, 0.25) is 5.91 Å². The summed E-state index contributed by atoms with van der Waals surface area (Å²) in [6.07, 6.45) is 2.60. The van der Waals surface area contributed by atoms with Crippen LogP contribution < -0.4 is 5.32 Å². The minimum absolute atomic E-state index is 0.0134. The number of hydrogen-bond donors (Lipinski definition) is 2. The number of hydrogen-bond acceptors (Lipinski definition) is 4. The van der Waals surface area contributed by atoms with Crippen LogP contribution >= 0.6 is 11.8 Å². The first kappa shape index (κ1) is 18.5. The van der Waals surface area contributed by atoms with Gasteiger partial charge in [0.15, 0.2) is 0 Å². The number of amides is 1. The average Bonchev–Trinajstić information content (AvgIpc) is 2.60. The van der Waals surface area contributed by atoms with Crippen molar-refractivity contribution in [3.8, 4) is 0 Å². The molecule has 1 unspecified atom stereocenters. The van der Waals surface area contributed by atoms with Gasteiger partial charge in [-0.25, -0.2) is 0 Å². The van der Waals surface area contributed by atoms with Crippen LogP contribution in [0.25, 0.3) is 0 Å². The first-order chi connectivity index (χ1) is 11.6. The van der Waals surface area contributed by atoms with Gasteiger partial charge in [-0.05, 0) is 43.5 Å². The first-order valence-electron chi connectivity index (χ1n) is 7.94. The Kier molecular flexibility index (Phi) is 7.31. The monoisotopic (exact) mass is 344 g/mol. The van der Waals surface area contributed by atoms with Crippen molar-refractivity contribution in [2.45, 2.75) is 17.4 Å². The topological polar surface area (TPSA) is 52.6 Å². The van der Waals surface area contributed by atoms with E-state index in [1.807, 2.05) is 72.8 Å². The fraction of sp³-hybridized carbons (Fsp3) is 0.316. The smallest absolute Gasteiger partial charge is 0.238 e. The molecule has 4 nitrogen and oxygen atoms in total. The van der Waals surface area contributed by atoms with Crippen molar-refractivity contribution in [2.24, 2.45) is 0 Å². The summed E-state index contributed by atoms with van der Waals surface area (Å²) in [5.74, 6) is -0.0605. The molecule has 1 atom stereocenters. The zero-order valence-electron chi connectivity index (χ0n) is 14.1. The molecule has 0 aliphatic carbocycles. The Morgan fingerprint density at radius 3 is 2.62 bits per heavy atom. The summed E-state index contributed by atoms with van der Waals surface area (Å²) in [6.45, 7) is 0.352. The van der Waals surface area contributed by atoms with Crippen molar-refractivity contribution in [3.05, 3.63) is 60.2 Å². The molecule has 0 saturated carbocycles. The van der Waals surface area contributed by atoms with Crippen molar-refractivity contribution >= 4 is 23.4 Å². The Bertz CT molecular complexity index is 649. The second-order valence-electron chi connectivity index (χ2n) is 5.63. The van der Waals surface area contributed by atoms with Gasteiger partial charge in [-0.3, -0.25) is 9.69 Å². The molecule has 24 heavy (non-hydrogen) atoms. The number of benzene rings is 2. The van der Waals surface area contributed by atoms with Gasteiger partial charge in [0.25, 0.3) is 0 Å². The van der Waals surface area contributed by atoms with E-state index >= 15 is 0 Å². The van der Waals surface area contributed by atoms with Crippen LogP contribution in [-0.2, 0) is 4.79 Å². The molecule has 2 rings (SSSR count). The fourth-order valence-corrected chi connectivity index (χ4v) is 3.14. The Balaban J connectivity index is 2.00. The van der Waals surface area contributed by atoms with E-state index < -0.39 is 0 Å². The standard InChI is InChI=1S/C19H24N2O2S/c1-21(18(11-12-22)15-7-4-3-5-8-15)14-19(23)20-16-9-6-10-17(13-16)24-2/h3-10,13,18,22H,11-12,14H2,1-2H3,(H,20,23). The van der Waals surface area contributed by atoms with E-state index in [9.17, 15) is 9.90 Å². The molecule has 0 fully saturated rings. The molecule has 0 aromatic heterocycles. The molecular weight excluding hydrogens is 320 g/mol. The van der Waals surface area contributed by atoms with Gasteiger partial charge in [-0.1, -0.05) is 36.4 Å². The number of aliphatic hydroxyl groups is 1. The van der Waals surface area contributed by atoms with E-state index in [0.29, 0.717) is 6.42 Å². The van der Waals surface area contributed by atoms with E-state index in [1.54, 1.807) is 11.8 Å². The maximum absolute atomic E-state index is 12.3. The van der Waals surface area contributed by atoms with E-state index in [2.05, 4.69) is 5.32 Å². The summed E-state index contributed by atoms with van der Waals surface area (Å²) in [5, 5.41) is 12.3. The minimum Gasteiger partial charge on any atom is -0.396 e. The zero-order valence-corrected chi connectivity index (χ0v) is 14.9. The third-order valence-electron chi connectivity index (χ3n) is 3.87. The van der Waals surface area contributed by atoms with Crippen LogP contribution in [0.15, 0.2) is 59.5 Å². The minimum atomic E-state index is -0.0605. The summed E-state index contributed by atoms with van der Waals surface area (Å²) in [4.78, 5) is 15.4. The number of thioether (sulfide) groups is 1. The molecule has 5 heteroatoms. The highest BCUT2D eigenvalue weighted by Gasteiger charge is 2.18. The molecule has 0 aliphatic rings. The quantitative estimate of drug-likeness (QED) is 0.721. The summed E-state index contributed by atoms with van der Waals surface area (Å²) in [7, 11) is 1.91. The van der Waals surface area contributed by atoms with Crippen LogP contribution in [-0.4, -0.2) is 42.4 Å². The van der Waals surface area contributed by atoms with Gasteiger partial charge in [-0.2, -0.15) is 0 Å². The second-order valence-corrected chi connectivity index (χ2v) is 6.51. The van der Waals surface area contributed by atoms with E-state index in [4.69, 9.17) is 0 Å². The molecule has 128 valence electrons. The third-order valence-corrected chi connectivity index (χ3v) is 4.59. The number of nitrogens with one attached hydrogen (secondary N) is 1. The molecule has 0 bridgehead atoms. The molecule has 0 saturated heterocycles. The highest BCUT2D eigenvalue weighted by molar-refractivity contribution is 7.98. The zero-order chi connectivity index (χ0) is 17.4. The molecule has 0 heterocycles. The molecule has 1 amide bonds. The highest BCUT2D eigenvalue weighted by atomic mass is 32.2.